The van der Waals surface area contributed by atoms with Gasteiger partial charge < -0.3 is 5.73 Å². The van der Waals surface area contributed by atoms with Crippen molar-refractivity contribution in [3.8, 4) is 0 Å². The Morgan fingerprint density at radius 2 is 1.85 bits per heavy atom. The molecule has 0 aliphatic rings. The van der Waals surface area contributed by atoms with E-state index in [0.29, 0.717) is 18.0 Å². The van der Waals surface area contributed by atoms with Crippen molar-refractivity contribution >= 4 is 39.2 Å². The molecule has 0 bridgehead atoms. The minimum absolute atomic E-state index is 0.143. The quantitative estimate of drug-likeness (QED) is 0.390. The molecule has 20 heavy (non-hydrogen) atoms. The Kier molecular flexibility index (Phi) is 8.44. The van der Waals surface area contributed by atoms with Crippen LogP contribution in [-0.4, -0.2) is 38.5 Å². The fourth-order valence-corrected chi connectivity index (χ4v) is 4.37. The number of hydrogen-bond acceptors (Lipinski definition) is 5. The number of rotatable bonds is 10. The molecule has 0 aromatic heterocycles. The molecule has 0 unspecified atom stereocenters. The van der Waals surface area contributed by atoms with Gasteiger partial charge in [0.15, 0.2) is 0 Å². The highest BCUT2D eigenvalue weighted by Crippen LogP contribution is 2.19. The van der Waals surface area contributed by atoms with E-state index in [1.165, 1.54) is 11.8 Å². The van der Waals surface area contributed by atoms with Crippen molar-refractivity contribution in [1.29, 1.82) is 0 Å². The lowest BCUT2D eigenvalue weighted by atomic mass is 10.3. The van der Waals surface area contributed by atoms with Gasteiger partial charge in [0, 0.05) is 22.9 Å². The highest BCUT2D eigenvalue weighted by atomic mass is 32.2. The molecule has 1 aromatic carbocycles. The van der Waals surface area contributed by atoms with Gasteiger partial charge in [-0.2, -0.15) is 11.8 Å². The molecule has 0 aliphatic heterocycles. The Hall–Kier alpha value is -0.370. The molecule has 0 spiro atoms. The molecule has 0 aliphatic carbocycles. The SMILES string of the molecule is CSCCCCNS(=O)(=O)CCSc1ccc(N)cc1. The normalized spacial score (nSPS) is 11.7. The van der Waals surface area contributed by atoms with Crippen molar-refractivity contribution in [2.45, 2.75) is 17.7 Å². The number of nitrogens with one attached hydrogen (secondary N) is 1. The van der Waals surface area contributed by atoms with E-state index in [0.717, 1.165) is 23.5 Å². The van der Waals surface area contributed by atoms with Gasteiger partial charge in [-0.05, 0) is 49.1 Å². The van der Waals surface area contributed by atoms with Crippen LogP contribution in [0.25, 0.3) is 0 Å². The van der Waals surface area contributed by atoms with E-state index in [1.807, 2.05) is 24.3 Å². The molecule has 0 radical (unpaired) electrons. The maximum absolute atomic E-state index is 11.8. The summed E-state index contributed by atoms with van der Waals surface area (Å²) < 4.78 is 26.2. The van der Waals surface area contributed by atoms with Crippen LogP contribution in [0, 0.1) is 0 Å². The Labute approximate surface area is 130 Å². The van der Waals surface area contributed by atoms with Crippen molar-refractivity contribution < 1.29 is 8.42 Å². The third-order valence-corrected chi connectivity index (χ3v) is 5.95. The second-order valence-electron chi connectivity index (χ2n) is 4.33. The molecule has 1 rings (SSSR count). The van der Waals surface area contributed by atoms with Crippen molar-refractivity contribution in [3.05, 3.63) is 24.3 Å². The molecule has 114 valence electrons. The summed E-state index contributed by atoms with van der Waals surface area (Å²) in [6.45, 7) is 0.537. The number of nitrogen functional groups attached to an aromatic ring is 1. The third kappa shape index (κ3) is 8.04. The summed E-state index contributed by atoms with van der Waals surface area (Å²) in [6.07, 6.45) is 3.99. The summed E-state index contributed by atoms with van der Waals surface area (Å²) in [7, 11) is -3.15. The van der Waals surface area contributed by atoms with Gasteiger partial charge in [-0.3, -0.25) is 0 Å². The van der Waals surface area contributed by atoms with Gasteiger partial charge in [-0.25, -0.2) is 13.1 Å². The zero-order valence-corrected chi connectivity index (χ0v) is 14.1. The van der Waals surface area contributed by atoms with Crippen molar-refractivity contribution in [1.82, 2.24) is 4.72 Å². The number of unbranched alkanes of at least 4 members (excludes halogenated alkanes) is 1. The molecule has 0 atom stereocenters. The first-order chi connectivity index (χ1) is 9.53. The van der Waals surface area contributed by atoms with E-state index in [-0.39, 0.29) is 5.75 Å². The lowest BCUT2D eigenvalue weighted by molar-refractivity contribution is 0.580. The van der Waals surface area contributed by atoms with Gasteiger partial charge >= 0.3 is 0 Å². The highest BCUT2D eigenvalue weighted by molar-refractivity contribution is 8.00. The lowest BCUT2D eigenvalue weighted by Crippen LogP contribution is -2.28. The zero-order valence-electron chi connectivity index (χ0n) is 11.7. The summed E-state index contributed by atoms with van der Waals surface area (Å²) in [5.74, 6) is 1.77. The molecule has 7 heteroatoms. The van der Waals surface area contributed by atoms with E-state index >= 15 is 0 Å². The molecular weight excluding hydrogens is 312 g/mol. The van der Waals surface area contributed by atoms with E-state index in [1.54, 1.807) is 11.8 Å². The summed E-state index contributed by atoms with van der Waals surface area (Å²) in [4.78, 5) is 1.04. The maximum atomic E-state index is 11.8. The van der Waals surface area contributed by atoms with Crippen LogP contribution >= 0.6 is 23.5 Å². The molecule has 0 fully saturated rings. The lowest BCUT2D eigenvalue weighted by Gasteiger charge is -2.06. The predicted octanol–water partition coefficient (Wildman–Crippen LogP) is 2.42. The van der Waals surface area contributed by atoms with E-state index in [4.69, 9.17) is 5.73 Å². The molecule has 0 saturated carbocycles. The Bertz CT molecular complexity index is 475. The van der Waals surface area contributed by atoms with E-state index < -0.39 is 10.0 Å². The first-order valence-electron chi connectivity index (χ1n) is 6.48. The number of anilines is 1. The van der Waals surface area contributed by atoms with Crippen LogP contribution < -0.4 is 10.5 Å². The molecule has 3 N–H and O–H groups in total. The van der Waals surface area contributed by atoms with Crippen LogP contribution in [-0.2, 0) is 10.0 Å². The average molecular weight is 335 g/mol. The average Bonchev–Trinajstić information content (AvgIpc) is 2.40. The van der Waals surface area contributed by atoms with Gasteiger partial charge in [-0.1, -0.05) is 0 Å². The second-order valence-corrected chi connectivity index (χ2v) is 8.41. The molecule has 0 heterocycles. The number of hydrogen-bond donors (Lipinski definition) is 2. The number of benzene rings is 1. The van der Waals surface area contributed by atoms with Crippen molar-refractivity contribution in [2.24, 2.45) is 0 Å². The summed E-state index contributed by atoms with van der Waals surface area (Å²) in [6, 6.07) is 7.45. The summed E-state index contributed by atoms with van der Waals surface area (Å²) in [5.41, 5.74) is 6.31. The molecule has 4 nitrogen and oxygen atoms in total. The third-order valence-electron chi connectivity index (χ3n) is 2.60. The fraction of sp³-hybridized carbons (Fsp3) is 0.538. The van der Waals surface area contributed by atoms with Crippen LogP contribution in [0.2, 0.25) is 0 Å². The van der Waals surface area contributed by atoms with Gasteiger partial charge in [0.25, 0.3) is 0 Å². The van der Waals surface area contributed by atoms with E-state index in [2.05, 4.69) is 11.0 Å². The van der Waals surface area contributed by atoms with Crippen molar-refractivity contribution in [2.75, 3.05) is 35.8 Å². The van der Waals surface area contributed by atoms with Gasteiger partial charge in [0.1, 0.15) is 0 Å². The molecular formula is C13H22N2O2S3. The standard InChI is InChI=1S/C13H22N2O2S3/c1-18-9-3-2-8-15-20(16,17)11-10-19-13-6-4-12(14)5-7-13/h4-7,15H,2-3,8-11,14H2,1H3. The second kappa shape index (κ2) is 9.55. The van der Waals surface area contributed by atoms with Crippen LogP contribution in [0.15, 0.2) is 29.2 Å². The zero-order chi connectivity index (χ0) is 14.8. The van der Waals surface area contributed by atoms with Gasteiger partial charge in [0.2, 0.25) is 10.0 Å². The van der Waals surface area contributed by atoms with Crippen LogP contribution in [0.4, 0.5) is 5.69 Å². The molecule has 0 amide bonds. The topological polar surface area (TPSA) is 72.2 Å². The highest BCUT2D eigenvalue weighted by Gasteiger charge is 2.09. The maximum Gasteiger partial charge on any atom is 0.212 e. The fourth-order valence-electron chi connectivity index (χ4n) is 1.50. The smallest absolute Gasteiger partial charge is 0.212 e. The summed E-state index contributed by atoms with van der Waals surface area (Å²) in [5, 5.41) is 0. The summed E-state index contributed by atoms with van der Waals surface area (Å²) >= 11 is 3.31. The first kappa shape index (κ1) is 17.7. The molecule has 0 saturated heterocycles. The van der Waals surface area contributed by atoms with Crippen LogP contribution in [0.1, 0.15) is 12.8 Å². The van der Waals surface area contributed by atoms with Crippen LogP contribution in [0.3, 0.4) is 0 Å². The number of nitrogens with two attached hydrogens (primary N) is 1. The largest absolute Gasteiger partial charge is 0.399 e. The Balaban J connectivity index is 2.20. The first-order valence-corrected chi connectivity index (χ1v) is 10.5. The Morgan fingerprint density at radius 3 is 2.50 bits per heavy atom. The Morgan fingerprint density at radius 1 is 1.15 bits per heavy atom. The number of thioether (sulfide) groups is 2. The minimum Gasteiger partial charge on any atom is -0.399 e. The number of sulfonamides is 1. The minimum atomic E-state index is -3.15. The van der Waals surface area contributed by atoms with Crippen LogP contribution in [0.5, 0.6) is 0 Å². The predicted molar refractivity (Wildman–Crippen MR) is 91.0 cm³/mol. The van der Waals surface area contributed by atoms with Gasteiger partial charge in [-0.15, -0.1) is 11.8 Å². The monoisotopic (exact) mass is 334 g/mol. The van der Waals surface area contributed by atoms with Crippen molar-refractivity contribution in [3.63, 3.8) is 0 Å². The van der Waals surface area contributed by atoms with E-state index in [9.17, 15) is 8.42 Å². The molecule has 1 aromatic rings. The van der Waals surface area contributed by atoms with Gasteiger partial charge in [0.05, 0.1) is 5.75 Å².